The maximum Gasteiger partial charge on any atom is 0.340 e. The molecule has 0 unspecified atom stereocenters. The number of esters is 1. The largest absolute Gasteiger partial charge is 0.465 e. The van der Waals surface area contributed by atoms with Gasteiger partial charge in [-0.25, -0.2) is 4.79 Å². The summed E-state index contributed by atoms with van der Waals surface area (Å²) in [6.45, 7) is 2.74. The predicted molar refractivity (Wildman–Crippen MR) is 80.7 cm³/mol. The van der Waals surface area contributed by atoms with Crippen molar-refractivity contribution < 1.29 is 9.53 Å². The second kappa shape index (κ2) is 6.10. The van der Waals surface area contributed by atoms with Gasteiger partial charge in [-0.3, -0.25) is 0 Å². The summed E-state index contributed by atoms with van der Waals surface area (Å²) in [6.07, 6.45) is 0. The molecule has 2 aromatic rings. The molecule has 0 fully saturated rings. The first-order valence-electron chi connectivity index (χ1n) is 6.37. The van der Waals surface area contributed by atoms with Gasteiger partial charge in [-0.1, -0.05) is 29.8 Å². The molecule has 0 aliphatic rings. The first kappa shape index (κ1) is 13.9. The van der Waals surface area contributed by atoms with Crippen LogP contribution in [0.4, 0.5) is 11.4 Å². The number of rotatable bonds is 4. The number of nitrogens with two attached hydrogens (primary N) is 1. The highest BCUT2D eigenvalue weighted by Crippen LogP contribution is 2.19. The molecule has 0 aliphatic carbocycles. The van der Waals surface area contributed by atoms with Crippen molar-refractivity contribution in [2.24, 2.45) is 0 Å². The SMILES string of the molecule is COC(=O)c1cc(NCc2cccc(C)c2)ccc1N. The maximum atomic E-state index is 11.6. The molecule has 0 bridgehead atoms. The van der Waals surface area contributed by atoms with Crippen LogP contribution in [0.25, 0.3) is 0 Å². The standard InChI is InChI=1S/C16H18N2O2/c1-11-4-3-5-12(8-11)10-18-13-6-7-15(17)14(9-13)16(19)20-2/h3-9,18H,10,17H2,1-2H3. The fraction of sp³-hybridized carbons (Fsp3) is 0.188. The Bertz CT molecular complexity index is 624. The van der Waals surface area contributed by atoms with E-state index < -0.39 is 5.97 Å². The van der Waals surface area contributed by atoms with Crippen LogP contribution in [-0.4, -0.2) is 13.1 Å². The summed E-state index contributed by atoms with van der Waals surface area (Å²) in [6, 6.07) is 13.5. The van der Waals surface area contributed by atoms with E-state index in [-0.39, 0.29) is 0 Å². The minimum atomic E-state index is -0.429. The summed E-state index contributed by atoms with van der Waals surface area (Å²) < 4.78 is 4.70. The fourth-order valence-electron chi connectivity index (χ4n) is 1.98. The van der Waals surface area contributed by atoms with E-state index >= 15 is 0 Å². The van der Waals surface area contributed by atoms with Gasteiger partial charge in [0.05, 0.1) is 12.7 Å². The van der Waals surface area contributed by atoms with E-state index in [0.717, 1.165) is 5.69 Å². The molecule has 2 aromatic carbocycles. The minimum absolute atomic E-state index is 0.377. The van der Waals surface area contributed by atoms with Crippen LogP contribution in [0.1, 0.15) is 21.5 Å². The number of nitrogen functional groups attached to an aromatic ring is 1. The Morgan fingerprint density at radius 1 is 1.25 bits per heavy atom. The average molecular weight is 270 g/mol. The van der Waals surface area contributed by atoms with Crippen molar-refractivity contribution in [3.63, 3.8) is 0 Å². The zero-order chi connectivity index (χ0) is 14.5. The van der Waals surface area contributed by atoms with Crippen molar-refractivity contribution >= 4 is 17.3 Å². The van der Waals surface area contributed by atoms with Gasteiger partial charge in [0, 0.05) is 17.9 Å². The number of aryl methyl sites for hydroxylation is 1. The molecule has 20 heavy (non-hydrogen) atoms. The fourth-order valence-corrected chi connectivity index (χ4v) is 1.98. The third kappa shape index (κ3) is 3.29. The summed E-state index contributed by atoms with van der Waals surface area (Å²) >= 11 is 0. The summed E-state index contributed by atoms with van der Waals surface area (Å²) in [5.41, 5.74) is 9.79. The van der Waals surface area contributed by atoms with E-state index in [9.17, 15) is 4.79 Å². The summed E-state index contributed by atoms with van der Waals surface area (Å²) in [5.74, 6) is -0.429. The monoisotopic (exact) mass is 270 g/mol. The van der Waals surface area contributed by atoms with Crippen molar-refractivity contribution in [1.82, 2.24) is 0 Å². The van der Waals surface area contributed by atoms with Gasteiger partial charge in [0.15, 0.2) is 0 Å². The van der Waals surface area contributed by atoms with Crippen LogP contribution >= 0.6 is 0 Å². The number of hydrogen-bond acceptors (Lipinski definition) is 4. The smallest absolute Gasteiger partial charge is 0.340 e. The molecule has 4 heteroatoms. The molecule has 0 amide bonds. The number of carbonyl (C=O) groups excluding carboxylic acids is 1. The minimum Gasteiger partial charge on any atom is -0.465 e. The Morgan fingerprint density at radius 2 is 2.05 bits per heavy atom. The van der Waals surface area contributed by atoms with Crippen molar-refractivity contribution in [3.8, 4) is 0 Å². The van der Waals surface area contributed by atoms with Gasteiger partial charge in [-0.2, -0.15) is 0 Å². The van der Waals surface area contributed by atoms with Crippen LogP contribution in [-0.2, 0) is 11.3 Å². The zero-order valence-electron chi connectivity index (χ0n) is 11.6. The van der Waals surface area contributed by atoms with Crippen LogP contribution in [0.5, 0.6) is 0 Å². The molecule has 0 aromatic heterocycles. The summed E-state index contributed by atoms with van der Waals surface area (Å²) in [5, 5.41) is 3.27. The Hall–Kier alpha value is -2.49. The highest BCUT2D eigenvalue weighted by atomic mass is 16.5. The summed E-state index contributed by atoms with van der Waals surface area (Å²) in [7, 11) is 1.34. The number of benzene rings is 2. The molecule has 3 N–H and O–H groups in total. The summed E-state index contributed by atoms with van der Waals surface area (Å²) in [4.78, 5) is 11.6. The Morgan fingerprint density at radius 3 is 2.75 bits per heavy atom. The lowest BCUT2D eigenvalue weighted by Crippen LogP contribution is -2.07. The molecule has 0 saturated carbocycles. The normalized spacial score (nSPS) is 10.1. The highest BCUT2D eigenvalue weighted by Gasteiger charge is 2.10. The molecule has 0 aliphatic heterocycles. The van der Waals surface area contributed by atoms with Gasteiger partial charge in [-0.15, -0.1) is 0 Å². The van der Waals surface area contributed by atoms with E-state index in [1.807, 2.05) is 12.1 Å². The average Bonchev–Trinajstić information content (AvgIpc) is 2.45. The second-order valence-corrected chi connectivity index (χ2v) is 4.64. The van der Waals surface area contributed by atoms with E-state index in [0.29, 0.717) is 17.8 Å². The number of hydrogen-bond donors (Lipinski definition) is 2. The van der Waals surface area contributed by atoms with Crippen LogP contribution in [0, 0.1) is 6.92 Å². The number of ether oxygens (including phenoxy) is 1. The molecule has 0 atom stereocenters. The van der Waals surface area contributed by atoms with Crippen molar-refractivity contribution in [3.05, 3.63) is 59.2 Å². The molecule has 0 saturated heterocycles. The van der Waals surface area contributed by atoms with Crippen molar-refractivity contribution in [2.75, 3.05) is 18.2 Å². The second-order valence-electron chi connectivity index (χ2n) is 4.64. The van der Waals surface area contributed by atoms with Gasteiger partial charge in [0.1, 0.15) is 0 Å². The number of nitrogens with one attached hydrogen (secondary N) is 1. The lowest BCUT2D eigenvalue weighted by Gasteiger charge is -2.10. The Labute approximate surface area is 118 Å². The predicted octanol–water partition coefficient (Wildman–Crippen LogP) is 2.98. The molecule has 4 nitrogen and oxygen atoms in total. The number of methoxy groups -OCH3 is 1. The first-order chi connectivity index (χ1) is 9.60. The first-order valence-corrected chi connectivity index (χ1v) is 6.37. The number of anilines is 2. The third-order valence-corrected chi connectivity index (χ3v) is 3.04. The Balaban J connectivity index is 2.12. The molecule has 0 heterocycles. The molecule has 0 spiro atoms. The van der Waals surface area contributed by atoms with Crippen molar-refractivity contribution in [2.45, 2.75) is 13.5 Å². The van der Waals surface area contributed by atoms with Crippen LogP contribution in [0.3, 0.4) is 0 Å². The molecular weight excluding hydrogens is 252 g/mol. The van der Waals surface area contributed by atoms with Crippen LogP contribution in [0.2, 0.25) is 0 Å². The van der Waals surface area contributed by atoms with Gasteiger partial charge < -0.3 is 15.8 Å². The van der Waals surface area contributed by atoms with Gasteiger partial charge in [-0.05, 0) is 30.7 Å². The molecule has 2 rings (SSSR count). The van der Waals surface area contributed by atoms with Crippen molar-refractivity contribution in [1.29, 1.82) is 0 Å². The highest BCUT2D eigenvalue weighted by molar-refractivity contribution is 5.96. The lowest BCUT2D eigenvalue weighted by molar-refractivity contribution is 0.0602. The quantitative estimate of drug-likeness (QED) is 0.662. The molecule has 0 radical (unpaired) electrons. The Kier molecular flexibility index (Phi) is 4.25. The molecule has 104 valence electrons. The van der Waals surface area contributed by atoms with Crippen LogP contribution in [0.15, 0.2) is 42.5 Å². The maximum absolute atomic E-state index is 11.6. The van der Waals surface area contributed by atoms with E-state index in [2.05, 4.69) is 30.4 Å². The lowest BCUT2D eigenvalue weighted by atomic mass is 10.1. The third-order valence-electron chi connectivity index (χ3n) is 3.04. The van der Waals surface area contributed by atoms with Crippen LogP contribution < -0.4 is 11.1 Å². The number of carbonyl (C=O) groups is 1. The van der Waals surface area contributed by atoms with E-state index in [1.165, 1.54) is 18.2 Å². The molecular formula is C16H18N2O2. The van der Waals surface area contributed by atoms with Gasteiger partial charge in [0.2, 0.25) is 0 Å². The topological polar surface area (TPSA) is 64.3 Å². The van der Waals surface area contributed by atoms with Gasteiger partial charge in [0.25, 0.3) is 0 Å². The van der Waals surface area contributed by atoms with Gasteiger partial charge >= 0.3 is 5.97 Å². The van der Waals surface area contributed by atoms with E-state index in [4.69, 9.17) is 10.5 Å². The zero-order valence-corrected chi connectivity index (χ0v) is 11.6. The van der Waals surface area contributed by atoms with E-state index in [1.54, 1.807) is 12.1 Å².